The van der Waals surface area contributed by atoms with Crippen molar-refractivity contribution in [3.05, 3.63) is 52.4 Å². The van der Waals surface area contributed by atoms with Crippen LogP contribution in [0.2, 0.25) is 0 Å². The predicted molar refractivity (Wildman–Crippen MR) is 98.8 cm³/mol. The van der Waals surface area contributed by atoms with Crippen LogP contribution in [-0.2, 0) is 6.42 Å². The van der Waals surface area contributed by atoms with Crippen LogP contribution in [0.4, 0.5) is 9.52 Å². The Balaban J connectivity index is 1.51. The number of amides is 1. The highest BCUT2D eigenvalue weighted by atomic mass is 32.1. The molecule has 3 heterocycles. The van der Waals surface area contributed by atoms with Crippen LogP contribution >= 0.6 is 22.7 Å². The van der Waals surface area contributed by atoms with Crippen LogP contribution in [0.25, 0.3) is 16.2 Å². The number of halogens is 1. The van der Waals surface area contributed by atoms with Crippen molar-refractivity contribution in [2.24, 2.45) is 0 Å². The fraction of sp³-hybridized carbons (Fsp3) is 0.125. The Kier molecular flexibility index (Phi) is 4.35. The minimum atomic E-state index is -0.347. The highest BCUT2D eigenvalue weighted by molar-refractivity contribution is 7.15. The standard InChI is InChI=1S/C16H13FN6OS2/c17-10-4-2-1-3-9(10)11-7-23-12(8-25-16(23)20-11)14(24)19-6-5-13-21-22-15(18)26-13/h1-4,7-8H,5-6H2,(H2,18,22)(H,19,24). The van der Waals surface area contributed by atoms with Crippen molar-refractivity contribution in [3.8, 4) is 11.3 Å². The molecule has 7 nitrogen and oxygen atoms in total. The van der Waals surface area contributed by atoms with E-state index in [1.54, 1.807) is 34.2 Å². The second kappa shape index (κ2) is 6.81. The third kappa shape index (κ3) is 3.16. The highest BCUT2D eigenvalue weighted by Crippen LogP contribution is 2.25. The van der Waals surface area contributed by atoms with Gasteiger partial charge in [0, 0.05) is 30.1 Å². The van der Waals surface area contributed by atoms with Crippen molar-refractivity contribution < 1.29 is 9.18 Å². The van der Waals surface area contributed by atoms with Gasteiger partial charge in [0.25, 0.3) is 5.91 Å². The van der Waals surface area contributed by atoms with Gasteiger partial charge in [0.2, 0.25) is 5.13 Å². The molecule has 0 spiro atoms. The number of imidazole rings is 1. The molecule has 0 aliphatic heterocycles. The lowest BCUT2D eigenvalue weighted by Gasteiger charge is -2.02. The summed E-state index contributed by atoms with van der Waals surface area (Å²) in [6.07, 6.45) is 2.23. The van der Waals surface area contributed by atoms with Crippen LogP contribution in [0.1, 0.15) is 15.5 Å². The van der Waals surface area contributed by atoms with Crippen molar-refractivity contribution in [3.63, 3.8) is 0 Å². The number of aromatic nitrogens is 4. The monoisotopic (exact) mass is 388 g/mol. The van der Waals surface area contributed by atoms with Crippen LogP contribution in [0.5, 0.6) is 0 Å². The molecule has 0 saturated heterocycles. The molecule has 0 aliphatic carbocycles. The fourth-order valence-electron chi connectivity index (χ4n) is 2.49. The van der Waals surface area contributed by atoms with Crippen LogP contribution < -0.4 is 11.1 Å². The van der Waals surface area contributed by atoms with Gasteiger partial charge in [-0.15, -0.1) is 21.5 Å². The summed E-state index contributed by atoms with van der Waals surface area (Å²) in [5.41, 5.74) is 6.89. The molecule has 3 aromatic heterocycles. The SMILES string of the molecule is Nc1nnc(CCNC(=O)c2csc3nc(-c4ccccc4F)cn23)s1. The molecular weight excluding hydrogens is 375 g/mol. The maximum atomic E-state index is 14.0. The van der Waals surface area contributed by atoms with Crippen molar-refractivity contribution in [1.82, 2.24) is 24.9 Å². The first-order chi connectivity index (χ1) is 12.6. The summed E-state index contributed by atoms with van der Waals surface area (Å²) in [6.45, 7) is 0.416. The molecule has 0 unspecified atom stereocenters. The first kappa shape index (κ1) is 16.6. The average molecular weight is 388 g/mol. The van der Waals surface area contributed by atoms with E-state index in [2.05, 4.69) is 20.5 Å². The van der Waals surface area contributed by atoms with Gasteiger partial charge in [0.15, 0.2) is 4.96 Å². The molecule has 0 fully saturated rings. The van der Waals surface area contributed by atoms with Crippen molar-refractivity contribution in [1.29, 1.82) is 0 Å². The number of nitrogens with two attached hydrogens (primary N) is 1. The van der Waals surface area contributed by atoms with Gasteiger partial charge < -0.3 is 11.1 Å². The molecule has 26 heavy (non-hydrogen) atoms. The topological polar surface area (TPSA) is 98.2 Å². The Labute approximate surface area is 155 Å². The number of nitrogens with zero attached hydrogens (tertiary/aromatic N) is 4. The number of hydrogen-bond acceptors (Lipinski definition) is 7. The van der Waals surface area contributed by atoms with Gasteiger partial charge in [-0.05, 0) is 12.1 Å². The van der Waals surface area contributed by atoms with E-state index >= 15 is 0 Å². The predicted octanol–water partition coefficient (Wildman–Crippen LogP) is 2.61. The molecule has 0 saturated carbocycles. The molecule has 1 aromatic carbocycles. The van der Waals surface area contributed by atoms with Crippen LogP contribution in [0, 0.1) is 5.82 Å². The number of nitrogens with one attached hydrogen (secondary N) is 1. The van der Waals surface area contributed by atoms with Crippen molar-refractivity contribution in [2.45, 2.75) is 6.42 Å². The number of hydrogen-bond donors (Lipinski definition) is 2. The summed E-state index contributed by atoms with van der Waals surface area (Å²) in [5.74, 6) is -0.577. The molecule has 10 heteroatoms. The van der Waals surface area contributed by atoms with Crippen LogP contribution in [0.15, 0.2) is 35.8 Å². The van der Waals surface area contributed by atoms with Crippen LogP contribution in [-0.4, -0.2) is 32.0 Å². The Morgan fingerprint density at radius 2 is 2.15 bits per heavy atom. The smallest absolute Gasteiger partial charge is 0.269 e. The van der Waals surface area contributed by atoms with Gasteiger partial charge in [-0.2, -0.15) is 0 Å². The summed E-state index contributed by atoms with van der Waals surface area (Å²) < 4.78 is 15.6. The van der Waals surface area contributed by atoms with E-state index in [1.807, 2.05) is 0 Å². The van der Waals surface area contributed by atoms with Gasteiger partial charge >= 0.3 is 0 Å². The molecule has 0 radical (unpaired) electrons. The van der Waals surface area contributed by atoms with Crippen molar-refractivity contribution in [2.75, 3.05) is 12.3 Å². The molecular formula is C16H13FN6OS2. The van der Waals surface area contributed by atoms with Crippen molar-refractivity contribution >= 4 is 38.7 Å². The molecule has 3 N–H and O–H groups in total. The van der Waals surface area contributed by atoms with E-state index in [-0.39, 0.29) is 11.7 Å². The first-order valence-electron chi connectivity index (χ1n) is 7.69. The maximum Gasteiger partial charge on any atom is 0.269 e. The number of nitrogen functional groups attached to an aromatic ring is 1. The highest BCUT2D eigenvalue weighted by Gasteiger charge is 2.16. The number of carbonyl (C=O) groups excluding carboxylic acids is 1. The summed E-state index contributed by atoms with van der Waals surface area (Å²) >= 11 is 2.63. The van der Waals surface area contributed by atoms with Gasteiger partial charge in [0.05, 0.1) is 5.69 Å². The zero-order chi connectivity index (χ0) is 18.1. The quantitative estimate of drug-likeness (QED) is 0.548. The van der Waals surface area contributed by atoms with Gasteiger partial charge in [-0.1, -0.05) is 23.5 Å². The second-order valence-electron chi connectivity index (χ2n) is 5.42. The fourth-order valence-corrected chi connectivity index (χ4v) is 3.95. The van der Waals surface area contributed by atoms with E-state index < -0.39 is 0 Å². The molecule has 0 bridgehead atoms. The zero-order valence-corrected chi connectivity index (χ0v) is 15.0. The number of thiazole rings is 1. The second-order valence-corrected chi connectivity index (χ2v) is 7.35. The number of rotatable bonds is 5. The number of carbonyl (C=O) groups is 1. The molecule has 0 atom stereocenters. The maximum absolute atomic E-state index is 14.0. The third-order valence-corrected chi connectivity index (χ3v) is 5.35. The number of fused-ring (bicyclic) bond motifs is 1. The first-order valence-corrected chi connectivity index (χ1v) is 9.39. The average Bonchev–Trinajstić information content (AvgIpc) is 3.30. The lowest BCUT2D eigenvalue weighted by Crippen LogP contribution is -2.26. The third-order valence-electron chi connectivity index (χ3n) is 3.70. The Morgan fingerprint density at radius 1 is 1.31 bits per heavy atom. The summed E-state index contributed by atoms with van der Waals surface area (Å²) in [4.78, 5) is 17.5. The van der Waals surface area contributed by atoms with E-state index in [0.29, 0.717) is 40.0 Å². The molecule has 4 aromatic rings. The van der Waals surface area contributed by atoms with E-state index in [1.165, 1.54) is 28.7 Å². The number of benzene rings is 1. The lowest BCUT2D eigenvalue weighted by molar-refractivity contribution is 0.0948. The molecule has 0 aliphatic rings. The molecule has 4 rings (SSSR count). The van der Waals surface area contributed by atoms with Crippen LogP contribution in [0.3, 0.4) is 0 Å². The normalized spacial score (nSPS) is 11.1. The van der Waals surface area contributed by atoms with E-state index in [9.17, 15) is 9.18 Å². The van der Waals surface area contributed by atoms with Gasteiger partial charge in [-0.3, -0.25) is 9.20 Å². The largest absolute Gasteiger partial charge is 0.374 e. The van der Waals surface area contributed by atoms with E-state index in [0.717, 1.165) is 5.01 Å². The minimum absolute atomic E-state index is 0.230. The van der Waals surface area contributed by atoms with Gasteiger partial charge in [0.1, 0.15) is 16.5 Å². The minimum Gasteiger partial charge on any atom is -0.374 e. The molecule has 1 amide bonds. The summed E-state index contributed by atoms with van der Waals surface area (Å²) in [5, 5.41) is 13.4. The molecule has 132 valence electrons. The Hall–Kier alpha value is -2.85. The number of anilines is 1. The Morgan fingerprint density at radius 3 is 2.92 bits per heavy atom. The van der Waals surface area contributed by atoms with Gasteiger partial charge in [-0.25, -0.2) is 9.37 Å². The summed E-state index contributed by atoms with van der Waals surface area (Å²) in [6, 6.07) is 6.42. The Bertz CT molecular complexity index is 1090. The zero-order valence-electron chi connectivity index (χ0n) is 13.3. The lowest BCUT2D eigenvalue weighted by atomic mass is 10.1. The van der Waals surface area contributed by atoms with E-state index in [4.69, 9.17) is 5.73 Å². The summed E-state index contributed by atoms with van der Waals surface area (Å²) in [7, 11) is 0.